The topological polar surface area (TPSA) is 55.8 Å². The van der Waals surface area contributed by atoms with Crippen LogP contribution in [-0.4, -0.2) is 35.0 Å². The lowest BCUT2D eigenvalue weighted by Crippen LogP contribution is -2.36. The molecule has 3 fully saturated rings. The third-order valence-corrected chi connectivity index (χ3v) is 5.01. The van der Waals surface area contributed by atoms with E-state index in [1.807, 2.05) is 0 Å². The van der Waals surface area contributed by atoms with Crippen LogP contribution in [-0.2, 0) is 14.3 Å². The largest absolute Gasteiger partial charge is 0.458 e. The molecule has 0 saturated carbocycles. The summed E-state index contributed by atoms with van der Waals surface area (Å²) in [6.07, 6.45) is 2.65. The van der Waals surface area contributed by atoms with E-state index in [0.717, 1.165) is 19.3 Å². The van der Waals surface area contributed by atoms with Crippen LogP contribution in [0.5, 0.6) is 0 Å². The Kier molecular flexibility index (Phi) is 2.98. The van der Waals surface area contributed by atoms with Crippen molar-refractivity contribution in [3.63, 3.8) is 0 Å². The van der Waals surface area contributed by atoms with Crippen molar-refractivity contribution in [2.75, 3.05) is 0 Å². The highest BCUT2D eigenvalue weighted by Crippen LogP contribution is 2.44. The number of aliphatic hydroxyl groups is 1. The number of hydrogen-bond acceptors (Lipinski definition) is 4. The summed E-state index contributed by atoms with van der Waals surface area (Å²) in [6.45, 7) is 8.01. The molecule has 2 bridgehead atoms. The minimum absolute atomic E-state index is 0.212. The molecule has 0 aliphatic carbocycles. The minimum Gasteiger partial charge on any atom is -0.458 e. The minimum atomic E-state index is -0.613. The maximum atomic E-state index is 11.7. The van der Waals surface area contributed by atoms with Crippen molar-refractivity contribution in [3.8, 4) is 0 Å². The van der Waals surface area contributed by atoms with Gasteiger partial charge in [-0.2, -0.15) is 0 Å². The van der Waals surface area contributed by atoms with E-state index in [0.29, 0.717) is 17.9 Å². The van der Waals surface area contributed by atoms with Crippen LogP contribution in [0.4, 0.5) is 0 Å². The molecule has 0 aromatic rings. The van der Waals surface area contributed by atoms with E-state index < -0.39 is 6.10 Å². The molecule has 0 radical (unpaired) electrons. The summed E-state index contributed by atoms with van der Waals surface area (Å²) < 4.78 is 11.5. The molecule has 19 heavy (non-hydrogen) atoms. The second kappa shape index (κ2) is 4.32. The molecular weight excluding hydrogens is 244 g/mol. The molecule has 0 aromatic heterocycles. The van der Waals surface area contributed by atoms with E-state index in [9.17, 15) is 9.90 Å². The molecule has 0 aromatic carbocycles. The molecule has 4 heteroatoms. The molecule has 0 amide bonds. The van der Waals surface area contributed by atoms with Crippen molar-refractivity contribution >= 4 is 5.97 Å². The summed E-state index contributed by atoms with van der Waals surface area (Å²) in [7, 11) is 0. The lowest BCUT2D eigenvalue weighted by molar-refractivity contribution is -0.140. The molecule has 6 unspecified atom stereocenters. The van der Waals surface area contributed by atoms with Gasteiger partial charge < -0.3 is 14.6 Å². The number of hydrogen-bond donors (Lipinski definition) is 1. The first-order valence-electron chi connectivity index (χ1n) is 7.15. The van der Waals surface area contributed by atoms with Gasteiger partial charge in [-0.3, -0.25) is 0 Å². The van der Waals surface area contributed by atoms with E-state index in [1.54, 1.807) is 0 Å². The fraction of sp³-hybridized carbons (Fsp3) is 0.800. The van der Waals surface area contributed by atoms with Crippen molar-refractivity contribution in [3.05, 3.63) is 12.2 Å². The first kappa shape index (κ1) is 13.1. The Morgan fingerprint density at radius 3 is 2.89 bits per heavy atom. The van der Waals surface area contributed by atoms with Gasteiger partial charge in [-0.05, 0) is 32.1 Å². The highest BCUT2D eigenvalue weighted by molar-refractivity contribution is 5.90. The zero-order valence-electron chi connectivity index (χ0n) is 11.6. The molecule has 3 aliphatic heterocycles. The quantitative estimate of drug-likeness (QED) is 0.536. The summed E-state index contributed by atoms with van der Waals surface area (Å²) in [5.74, 6) is -0.284. The van der Waals surface area contributed by atoms with Gasteiger partial charge in [0.25, 0.3) is 0 Å². The van der Waals surface area contributed by atoms with E-state index in [1.165, 1.54) is 0 Å². The molecule has 3 rings (SSSR count). The summed E-state index contributed by atoms with van der Waals surface area (Å²) >= 11 is 0. The van der Waals surface area contributed by atoms with Crippen molar-refractivity contribution in [1.29, 1.82) is 0 Å². The van der Waals surface area contributed by atoms with Crippen LogP contribution >= 0.6 is 0 Å². The lowest BCUT2D eigenvalue weighted by atomic mass is 9.79. The molecule has 1 N–H and O–H groups in total. The van der Waals surface area contributed by atoms with Crippen molar-refractivity contribution in [1.82, 2.24) is 0 Å². The average molecular weight is 266 g/mol. The maximum Gasteiger partial charge on any atom is 0.334 e. The molecule has 3 heterocycles. The number of esters is 1. The standard InChI is InChI=1S/C15H22O4/c1-8-6-12-13(9(2)14(17)18-12)10(16)7-15(3)5-4-11(8)19-15/h8,10-13,16H,2,4-7H2,1,3H3. The normalized spacial score (nSPS) is 50.2. The van der Waals surface area contributed by atoms with Gasteiger partial charge in [0.15, 0.2) is 0 Å². The fourth-order valence-electron chi connectivity index (χ4n) is 3.89. The Balaban J connectivity index is 1.92. The Morgan fingerprint density at radius 2 is 2.16 bits per heavy atom. The predicted octanol–water partition coefficient (Wildman–Crippen LogP) is 1.81. The second-order valence-electron chi connectivity index (χ2n) is 6.62. The Morgan fingerprint density at radius 1 is 1.42 bits per heavy atom. The number of carbonyl (C=O) groups excluding carboxylic acids is 1. The Hall–Kier alpha value is -0.870. The van der Waals surface area contributed by atoms with Gasteiger partial charge >= 0.3 is 5.97 Å². The van der Waals surface area contributed by atoms with Gasteiger partial charge in [-0.1, -0.05) is 13.5 Å². The number of ether oxygens (including phenoxy) is 2. The van der Waals surface area contributed by atoms with Crippen LogP contribution in [0.1, 0.15) is 39.5 Å². The van der Waals surface area contributed by atoms with E-state index in [2.05, 4.69) is 20.4 Å². The maximum absolute atomic E-state index is 11.7. The van der Waals surface area contributed by atoms with Crippen LogP contribution in [0.15, 0.2) is 12.2 Å². The van der Waals surface area contributed by atoms with Gasteiger partial charge in [0, 0.05) is 12.0 Å². The first-order chi connectivity index (χ1) is 8.89. The SMILES string of the molecule is C=C1C(=O)OC2CC(C)C3CCC(C)(CC(O)C12)O3. The highest BCUT2D eigenvalue weighted by atomic mass is 16.6. The smallest absolute Gasteiger partial charge is 0.334 e. The average Bonchev–Trinajstić information content (AvgIpc) is 2.82. The Labute approximate surface area is 113 Å². The number of fused-ring (bicyclic) bond motifs is 3. The predicted molar refractivity (Wildman–Crippen MR) is 69.4 cm³/mol. The van der Waals surface area contributed by atoms with Gasteiger partial charge in [0.05, 0.1) is 23.7 Å². The van der Waals surface area contributed by atoms with E-state index in [4.69, 9.17) is 9.47 Å². The lowest BCUT2D eigenvalue weighted by Gasteiger charge is -2.29. The van der Waals surface area contributed by atoms with Crippen LogP contribution < -0.4 is 0 Å². The Bertz CT molecular complexity index is 418. The molecule has 0 spiro atoms. The molecule has 106 valence electrons. The van der Waals surface area contributed by atoms with Crippen LogP contribution in [0.2, 0.25) is 0 Å². The van der Waals surface area contributed by atoms with Gasteiger partial charge in [-0.25, -0.2) is 4.79 Å². The van der Waals surface area contributed by atoms with Gasteiger partial charge in [0.1, 0.15) is 6.10 Å². The van der Waals surface area contributed by atoms with E-state index >= 15 is 0 Å². The fourth-order valence-corrected chi connectivity index (χ4v) is 3.89. The summed E-state index contributed by atoms with van der Waals surface area (Å²) in [5, 5.41) is 10.5. The van der Waals surface area contributed by atoms with Crippen molar-refractivity contribution in [2.24, 2.45) is 11.8 Å². The van der Waals surface area contributed by atoms with Crippen LogP contribution in [0.3, 0.4) is 0 Å². The third-order valence-electron chi connectivity index (χ3n) is 5.01. The summed E-state index contributed by atoms with van der Waals surface area (Å²) in [4.78, 5) is 11.7. The monoisotopic (exact) mass is 266 g/mol. The second-order valence-corrected chi connectivity index (χ2v) is 6.62. The highest BCUT2D eigenvalue weighted by Gasteiger charge is 2.50. The molecule has 3 saturated heterocycles. The van der Waals surface area contributed by atoms with E-state index in [-0.39, 0.29) is 29.7 Å². The summed E-state index contributed by atoms with van der Waals surface area (Å²) in [6, 6.07) is 0. The van der Waals surface area contributed by atoms with Crippen LogP contribution in [0, 0.1) is 11.8 Å². The van der Waals surface area contributed by atoms with Crippen LogP contribution in [0.25, 0.3) is 0 Å². The van der Waals surface area contributed by atoms with Gasteiger partial charge in [-0.15, -0.1) is 0 Å². The first-order valence-corrected chi connectivity index (χ1v) is 7.15. The zero-order chi connectivity index (χ0) is 13.8. The number of rotatable bonds is 0. The summed E-state index contributed by atoms with van der Waals surface area (Å²) in [5.41, 5.74) is 0.144. The number of aliphatic hydroxyl groups excluding tert-OH is 1. The van der Waals surface area contributed by atoms with Crippen molar-refractivity contribution in [2.45, 2.75) is 63.4 Å². The molecule has 6 atom stereocenters. The zero-order valence-corrected chi connectivity index (χ0v) is 11.6. The third kappa shape index (κ3) is 2.11. The van der Waals surface area contributed by atoms with Crippen molar-refractivity contribution < 1.29 is 19.4 Å². The molecule has 4 nitrogen and oxygen atoms in total. The molecule has 3 aliphatic rings. The van der Waals surface area contributed by atoms with Gasteiger partial charge in [0.2, 0.25) is 0 Å². The number of carbonyl (C=O) groups is 1. The molecular formula is C15H22O4.